The molecule has 12 heteroatoms. The first-order chi connectivity index (χ1) is 14.3. The highest BCUT2D eigenvalue weighted by molar-refractivity contribution is 7.93. The van der Waals surface area contributed by atoms with Gasteiger partial charge in [0.15, 0.2) is 15.5 Å². The highest BCUT2D eigenvalue weighted by Crippen LogP contribution is 2.35. The van der Waals surface area contributed by atoms with Crippen LogP contribution in [0, 0.1) is 0 Å². The molecule has 1 amide bonds. The summed E-state index contributed by atoms with van der Waals surface area (Å²) in [7, 11) is -3.42. The van der Waals surface area contributed by atoms with Crippen molar-refractivity contribution >= 4 is 38.7 Å². The van der Waals surface area contributed by atoms with Crippen LogP contribution < -0.4 is 5.32 Å². The largest absolute Gasteiger partial charge is 0.435 e. The number of nitrogens with zero attached hydrogens (tertiary/aromatic N) is 3. The molecule has 7 nitrogen and oxygen atoms in total. The van der Waals surface area contributed by atoms with E-state index in [9.17, 15) is 26.4 Å². The van der Waals surface area contributed by atoms with Crippen molar-refractivity contribution in [1.29, 1.82) is 0 Å². The lowest BCUT2D eigenvalue weighted by molar-refractivity contribution is -0.140. The Labute approximate surface area is 182 Å². The highest BCUT2D eigenvalue weighted by Gasteiger charge is 2.37. The number of carbonyl (C=O) groups excluding carboxylic acids is 1. The lowest BCUT2D eigenvalue weighted by atomic mass is 10.1. The molecule has 2 aromatic rings. The lowest BCUT2D eigenvalue weighted by Crippen LogP contribution is -2.33. The molecule has 0 saturated carbocycles. The van der Waals surface area contributed by atoms with Crippen LogP contribution in [0.15, 0.2) is 46.9 Å². The molecule has 0 radical (unpaired) electrons. The van der Waals surface area contributed by atoms with Crippen LogP contribution in [0.1, 0.15) is 35.7 Å². The molecular weight excluding hydrogens is 457 g/mol. The summed E-state index contributed by atoms with van der Waals surface area (Å²) in [6, 6.07) is 5.71. The van der Waals surface area contributed by atoms with E-state index in [2.05, 4.69) is 20.3 Å². The van der Waals surface area contributed by atoms with Gasteiger partial charge in [-0.1, -0.05) is 35.9 Å². The first kappa shape index (κ1) is 24.5. The van der Waals surface area contributed by atoms with Gasteiger partial charge in [-0.3, -0.25) is 4.79 Å². The molecule has 1 heterocycles. The lowest BCUT2D eigenvalue weighted by Gasteiger charge is -2.13. The van der Waals surface area contributed by atoms with Crippen molar-refractivity contribution in [3.63, 3.8) is 0 Å². The number of amides is 1. The minimum absolute atomic E-state index is 0.205. The van der Waals surface area contributed by atoms with E-state index in [0.717, 1.165) is 17.9 Å². The Balaban J connectivity index is 2.38. The van der Waals surface area contributed by atoms with E-state index in [1.807, 2.05) is 0 Å². The third kappa shape index (κ3) is 7.14. The number of aromatic nitrogens is 2. The number of carbonyl (C=O) groups is 1. The Bertz CT molecular complexity index is 1150. The molecule has 0 spiro atoms. The number of hydrogen-bond acceptors (Lipinski definition) is 6. The smallest absolute Gasteiger partial charge is 0.343 e. The maximum atomic E-state index is 13.5. The summed E-state index contributed by atoms with van der Waals surface area (Å²) < 4.78 is 62.9. The highest BCUT2D eigenvalue weighted by atomic mass is 35.5. The summed E-state index contributed by atoms with van der Waals surface area (Å²) in [5.41, 5.74) is -1.33. The van der Waals surface area contributed by atoms with Gasteiger partial charge < -0.3 is 5.32 Å². The summed E-state index contributed by atoms with van der Waals surface area (Å²) in [5, 5.41) is 3.49. The van der Waals surface area contributed by atoms with Gasteiger partial charge >= 0.3 is 6.18 Å². The molecular formula is C19H18ClF3N4O3S. The maximum absolute atomic E-state index is 13.5. The fourth-order valence-corrected chi connectivity index (χ4v) is 3.14. The molecule has 0 aliphatic heterocycles. The van der Waals surface area contributed by atoms with E-state index < -0.39 is 45.2 Å². The molecule has 166 valence electrons. The van der Waals surface area contributed by atoms with Crippen molar-refractivity contribution in [2.75, 3.05) is 6.26 Å². The van der Waals surface area contributed by atoms with Gasteiger partial charge in [-0.2, -0.15) is 13.2 Å². The molecule has 0 fully saturated rings. The first-order valence-electron chi connectivity index (χ1n) is 8.71. The predicted octanol–water partition coefficient (Wildman–Crippen LogP) is 3.97. The van der Waals surface area contributed by atoms with Crippen LogP contribution >= 0.6 is 11.6 Å². The number of sulfone groups is 1. The van der Waals surface area contributed by atoms with E-state index in [4.69, 9.17) is 11.6 Å². The number of nitrogens with one attached hydrogen (secondary N) is 1. The van der Waals surface area contributed by atoms with Gasteiger partial charge in [-0.25, -0.2) is 23.4 Å². The van der Waals surface area contributed by atoms with Crippen LogP contribution in [0.3, 0.4) is 0 Å². The predicted molar refractivity (Wildman–Crippen MR) is 111 cm³/mol. The number of benzene rings is 1. The zero-order valence-electron chi connectivity index (χ0n) is 16.6. The molecule has 1 aromatic heterocycles. The van der Waals surface area contributed by atoms with E-state index >= 15 is 0 Å². The summed E-state index contributed by atoms with van der Waals surface area (Å²) in [6.07, 6.45) is -1.98. The maximum Gasteiger partial charge on any atom is 0.435 e. The molecule has 0 bridgehead atoms. The number of hydrogen-bond donors (Lipinski definition) is 1. The van der Waals surface area contributed by atoms with E-state index in [1.54, 1.807) is 24.3 Å². The normalized spacial score (nSPS) is 14.0. The van der Waals surface area contributed by atoms with Crippen molar-refractivity contribution in [3.05, 3.63) is 64.1 Å². The zero-order chi connectivity index (χ0) is 23.4. The quantitative estimate of drug-likeness (QED) is 0.638. The van der Waals surface area contributed by atoms with Crippen LogP contribution in [0.4, 0.5) is 18.9 Å². The summed E-state index contributed by atoms with van der Waals surface area (Å²) >= 11 is 6.05. The summed E-state index contributed by atoms with van der Waals surface area (Å²) in [5.74, 6) is -1.74. The van der Waals surface area contributed by atoms with Crippen molar-refractivity contribution in [2.45, 2.75) is 26.1 Å². The van der Waals surface area contributed by atoms with Gasteiger partial charge in [0.25, 0.3) is 5.91 Å². The first-order valence-corrected chi connectivity index (χ1v) is 11.0. The van der Waals surface area contributed by atoms with Crippen molar-refractivity contribution in [1.82, 2.24) is 15.3 Å². The van der Waals surface area contributed by atoms with Crippen LogP contribution in [0.5, 0.6) is 0 Å². The van der Waals surface area contributed by atoms with Crippen LogP contribution in [-0.2, 0) is 16.0 Å². The molecule has 0 aliphatic rings. The van der Waals surface area contributed by atoms with Gasteiger partial charge in [0.2, 0.25) is 5.82 Å². The second-order valence-corrected chi connectivity index (χ2v) is 8.86. The zero-order valence-corrected chi connectivity index (χ0v) is 18.2. The van der Waals surface area contributed by atoms with E-state index in [-0.39, 0.29) is 5.71 Å². The van der Waals surface area contributed by atoms with E-state index in [0.29, 0.717) is 10.6 Å². The van der Waals surface area contributed by atoms with Crippen LogP contribution in [0.2, 0.25) is 5.02 Å². The van der Waals surface area contributed by atoms with Gasteiger partial charge in [0.1, 0.15) is 5.69 Å². The average molecular weight is 475 g/mol. The third-order valence-corrected chi connectivity index (χ3v) is 4.75. The number of aliphatic imine (C=N–C) groups is 1. The second kappa shape index (κ2) is 9.56. The number of rotatable bonds is 6. The van der Waals surface area contributed by atoms with Crippen LogP contribution in [-0.4, -0.2) is 42.3 Å². The van der Waals surface area contributed by atoms with E-state index in [1.165, 1.54) is 19.9 Å². The minimum Gasteiger partial charge on any atom is -0.343 e. The monoisotopic (exact) mass is 474 g/mol. The molecule has 0 unspecified atom stereocenters. The third-order valence-electron chi connectivity index (χ3n) is 3.77. The Morgan fingerprint density at radius 3 is 2.52 bits per heavy atom. The Hall–Kier alpha value is -2.79. The van der Waals surface area contributed by atoms with Crippen molar-refractivity contribution in [2.24, 2.45) is 4.99 Å². The molecule has 0 aliphatic carbocycles. The number of halogens is 4. The molecule has 1 atom stereocenters. The average Bonchev–Trinajstić information content (AvgIpc) is 2.65. The minimum atomic E-state index is -4.90. The van der Waals surface area contributed by atoms with Gasteiger partial charge in [-0.15, -0.1) is 0 Å². The standard InChI is InChI=1S/C19H18ClF3N4O3S/c1-11(8-9-31(3,29)30)25-18(28)17-24-10-15(16(27-17)19(21,22)23)26-12(2)13-6-4-5-7-14(13)20/h4-11H,1-3H3,(H,25,28)/b9-8+,26-12?/t11-/m1/s1. The van der Waals surface area contributed by atoms with Gasteiger partial charge in [0.05, 0.1) is 6.20 Å². The second-order valence-electron chi connectivity index (χ2n) is 6.52. The van der Waals surface area contributed by atoms with Gasteiger partial charge in [-0.05, 0) is 19.9 Å². The Morgan fingerprint density at radius 1 is 1.29 bits per heavy atom. The van der Waals surface area contributed by atoms with Crippen molar-refractivity contribution in [3.8, 4) is 0 Å². The fraction of sp³-hybridized carbons (Fsp3) is 0.263. The molecule has 0 saturated heterocycles. The van der Waals surface area contributed by atoms with Gasteiger partial charge in [0, 0.05) is 34.0 Å². The summed E-state index contributed by atoms with van der Waals surface area (Å²) in [4.78, 5) is 23.2. The topological polar surface area (TPSA) is 101 Å². The number of alkyl halides is 3. The van der Waals surface area contributed by atoms with Crippen LogP contribution in [0.25, 0.3) is 0 Å². The fourth-order valence-electron chi connectivity index (χ4n) is 2.35. The Kier molecular flexibility index (Phi) is 7.55. The molecule has 2 rings (SSSR count). The summed E-state index contributed by atoms with van der Waals surface area (Å²) in [6.45, 7) is 2.92. The molecule has 1 N–H and O–H groups in total. The SMILES string of the molecule is CC(=Nc1cnc(C(=O)N[C@H](C)/C=C/S(C)(=O)=O)nc1C(F)(F)F)c1ccccc1Cl. The molecule has 31 heavy (non-hydrogen) atoms. The van der Waals surface area contributed by atoms with Crippen molar-refractivity contribution < 1.29 is 26.4 Å². The molecule has 1 aromatic carbocycles. The Morgan fingerprint density at radius 2 is 1.94 bits per heavy atom.